The summed E-state index contributed by atoms with van der Waals surface area (Å²) in [6.45, 7) is 13.4. The number of hydrogen-bond donors (Lipinski definition) is 0. The van der Waals surface area contributed by atoms with Crippen molar-refractivity contribution in [1.29, 1.82) is 0 Å². The fraction of sp³-hybridized carbons (Fsp3) is 0.750. The molecule has 2 nitrogen and oxygen atoms in total. The molecule has 2 aliphatic heterocycles. The van der Waals surface area contributed by atoms with Gasteiger partial charge in [0.2, 0.25) is 0 Å². The van der Waals surface area contributed by atoms with Gasteiger partial charge in [-0.15, -0.1) is 0 Å². The Morgan fingerprint density at radius 3 is 2.15 bits per heavy atom. The van der Waals surface area contributed by atoms with Crippen molar-refractivity contribution >= 4 is 19.9 Å². The maximum absolute atomic E-state index is 6.76. The van der Waals surface area contributed by atoms with Gasteiger partial charge in [-0.1, -0.05) is 43.2 Å². The maximum atomic E-state index is 6.76. The van der Waals surface area contributed by atoms with Gasteiger partial charge < -0.3 is 9.16 Å². The fourth-order valence-corrected chi connectivity index (χ4v) is 5.28. The normalized spacial score (nSPS) is 41.2. The predicted octanol–water partition coefficient (Wildman–Crippen LogP) is 4.72. The number of ether oxygens (including phenoxy) is 1. The van der Waals surface area contributed by atoms with Crippen molar-refractivity contribution in [3.05, 3.63) is 23.3 Å². The van der Waals surface area contributed by atoms with Gasteiger partial charge in [0.05, 0.1) is 17.8 Å². The highest BCUT2D eigenvalue weighted by atomic mass is 35.5. The SMILES string of the molecule is C/C(=C\Cl)CC1(O[Si](C)(C)C)[C@H](C)[C@@H]2C=C[C@@H](O2)[C@H]1C. The van der Waals surface area contributed by atoms with E-state index in [0.717, 1.165) is 6.42 Å². The lowest BCUT2D eigenvalue weighted by Crippen LogP contribution is -2.60. The van der Waals surface area contributed by atoms with E-state index < -0.39 is 8.32 Å². The van der Waals surface area contributed by atoms with Gasteiger partial charge in [0.15, 0.2) is 8.32 Å². The monoisotopic (exact) mass is 314 g/mol. The molecule has 0 saturated carbocycles. The first kappa shape index (κ1) is 16.3. The third-order valence-electron chi connectivity index (χ3n) is 4.57. The average Bonchev–Trinajstić information content (AvgIpc) is 2.79. The lowest BCUT2D eigenvalue weighted by molar-refractivity contribution is -0.170. The largest absolute Gasteiger partial charge is 0.411 e. The molecule has 0 aromatic heterocycles. The van der Waals surface area contributed by atoms with Gasteiger partial charge in [-0.2, -0.15) is 0 Å². The van der Waals surface area contributed by atoms with Gasteiger partial charge in [0, 0.05) is 17.4 Å². The summed E-state index contributed by atoms with van der Waals surface area (Å²) < 4.78 is 12.8. The second-order valence-corrected chi connectivity index (χ2v) is 12.0. The van der Waals surface area contributed by atoms with Crippen molar-refractivity contribution in [2.75, 3.05) is 0 Å². The second-order valence-electron chi connectivity index (χ2n) is 7.33. The molecule has 0 spiro atoms. The van der Waals surface area contributed by atoms with Crippen LogP contribution in [0.1, 0.15) is 27.2 Å². The van der Waals surface area contributed by atoms with Crippen molar-refractivity contribution in [2.24, 2.45) is 11.8 Å². The van der Waals surface area contributed by atoms with E-state index in [9.17, 15) is 0 Å². The van der Waals surface area contributed by atoms with Crippen molar-refractivity contribution in [3.63, 3.8) is 0 Å². The van der Waals surface area contributed by atoms with Crippen molar-refractivity contribution in [2.45, 2.75) is 64.6 Å². The summed E-state index contributed by atoms with van der Waals surface area (Å²) in [4.78, 5) is 0. The topological polar surface area (TPSA) is 18.5 Å². The molecule has 1 saturated heterocycles. The van der Waals surface area contributed by atoms with Crippen LogP contribution < -0.4 is 0 Å². The molecular formula is C16H27ClO2Si. The average molecular weight is 315 g/mol. The van der Waals surface area contributed by atoms with E-state index >= 15 is 0 Å². The van der Waals surface area contributed by atoms with Crippen LogP contribution in [0, 0.1) is 11.8 Å². The van der Waals surface area contributed by atoms with Crippen molar-refractivity contribution < 1.29 is 9.16 Å². The van der Waals surface area contributed by atoms with Gasteiger partial charge in [-0.05, 0) is 33.0 Å². The minimum absolute atomic E-state index is 0.170. The standard InChI is InChI=1S/C16H27ClO2Si/c1-11(10-17)9-16(19-20(4,5)6)12(2)14-7-8-15(18-14)13(16)3/h7-8,10,12-15H,9H2,1-6H3/b11-10+/t12-,13-,14-,15+,16?/m1/s1. The minimum atomic E-state index is -1.67. The van der Waals surface area contributed by atoms with Crippen LogP contribution in [0.2, 0.25) is 19.6 Å². The lowest BCUT2D eigenvalue weighted by atomic mass is 9.70. The molecule has 0 aromatic rings. The van der Waals surface area contributed by atoms with Crippen LogP contribution in [0.4, 0.5) is 0 Å². The highest BCUT2D eigenvalue weighted by Gasteiger charge is 2.55. The Balaban J connectivity index is 2.39. The molecule has 0 amide bonds. The van der Waals surface area contributed by atoms with Crippen LogP contribution in [0.5, 0.6) is 0 Å². The van der Waals surface area contributed by atoms with E-state index in [1.54, 1.807) is 5.54 Å². The molecule has 2 bridgehead atoms. The smallest absolute Gasteiger partial charge is 0.184 e. The molecule has 0 N–H and O–H groups in total. The molecule has 2 aliphatic rings. The third kappa shape index (κ3) is 2.91. The molecule has 114 valence electrons. The number of fused-ring (bicyclic) bond motifs is 2. The van der Waals surface area contributed by atoms with Gasteiger partial charge in [-0.25, -0.2) is 0 Å². The fourth-order valence-electron chi connectivity index (χ4n) is 3.62. The first-order chi connectivity index (χ1) is 9.19. The minimum Gasteiger partial charge on any atom is -0.411 e. The summed E-state index contributed by atoms with van der Waals surface area (Å²) in [6.07, 6.45) is 5.66. The number of halogens is 1. The summed E-state index contributed by atoms with van der Waals surface area (Å²) in [7, 11) is -1.67. The molecule has 1 fully saturated rings. The number of hydrogen-bond acceptors (Lipinski definition) is 2. The molecule has 0 aliphatic carbocycles. The van der Waals surface area contributed by atoms with Crippen LogP contribution in [0.25, 0.3) is 0 Å². The van der Waals surface area contributed by atoms with Crippen molar-refractivity contribution in [1.82, 2.24) is 0 Å². The van der Waals surface area contributed by atoms with Crippen LogP contribution in [-0.4, -0.2) is 26.1 Å². The highest BCUT2D eigenvalue weighted by molar-refractivity contribution is 6.69. The zero-order chi connectivity index (χ0) is 15.1. The zero-order valence-electron chi connectivity index (χ0n) is 13.4. The van der Waals surface area contributed by atoms with Gasteiger partial charge in [-0.3, -0.25) is 0 Å². The molecule has 0 aromatic carbocycles. The summed E-state index contributed by atoms with van der Waals surface area (Å²) in [5.41, 5.74) is 2.71. The molecule has 1 unspecified atom stereocenters. The second kappa shape index (κ2) is 5.60. The third-order valence-corrected chi connectivity index (χ3v) is 5.93. The van der Waals surface area contributed by atoms with Gasteiger partial charge >= 0.3 is 0 Å². The summed E-state index contributed by atoms with van der Waals surface area (Å²) >= 11 is 5.94. The first-order valence-electron chi connectivity index (χ1n) is 7.49. The van der Waals surface area contributed by atoms with E-state index in [1.807, 2.05) is 0 Å². The zero-order valence-corrected chi connectivity index (χ0v) is 15.2. The highest BCUT2D eigenvalue weighted by Crippen LogP contribution is 2.49. The van der Waals surface area contributed by atoms with E-state index in [1.165, 1.54) is 5.57 Å². The van der Waals surface area contributed by atoms with E-state index in [4.69, 9.17) is 20.8 Å². The molecule has 2 heterocycles. The predicted molar refractivity (Wildman–Crippen MR) is 87.5 cm³/mol. The molecule has 5 atom stereocenters. The lowest BCUT2D eigenvalue weighted by Gasteiger charge is -2.53. The Morgan fingerprint density at radius 2 is 1.75 bits per heavy atom. The van der Waals surface area contributed by atoms with E-state index in [2.05, 4.69) is 52.6 Å². The molecule has 0 radical (unpaired) electrons. The molecular weight excluding hydrogens is 288 g/mol. The Labute approximate surface area is 129 Å². The molecule has 20 heavy (non-hydrogen) atoms. The number of rotatable bonds is 4. The van der Waals surface area contributed by atoms with Crippen LogP contribution in [-0.2, 0) is 9.16 Å². The van der Waals surface area contributed by atoms with Crippen LogP contribution in [0.15, 0.2) is 23.3 Å². The summed E-state index contributed by atoms with van der Waals surface area (Å²) in [5.74, 6) is 0.677. The summed E-state index contributed by atoms with van der Waals surface area (Å²) in [5, 5.41) is 0. The van der Waals surface area contributed by atoms with E-state index in [0.29, 0.717) is 11.8 Å². The quantitative estimate of drug-likeness (QED) is 0.552. The maximum Gasteiger partial charge on any atom is 0.184 e. The van der Waals surface area contributed by atoms with Crippen molar-refractivity contribution in [3.8, 4) is 0 Å². The van der Waals surface area contributed by atoms with Crippen LogP contribution >= 0.6 is 11.6 Å². The Hall–Kier alpha value is -0.0931. The Kier molecular flexibility index (Phi) is 4.56. The summed E-state index contributed by atoms with van der Waals surface area (Å²) in [6, 6.07) is 0. The first-order valence-corrected chi connectivity index (χ1v) is 11.3. The molecule has 2 rings (SSSR count). The van der Waals surface area contributed by atoms with Gasteiger partial charge in [0.1, 0.15) is 0 Å². The van der Waals surface area contributed by atoms with Gasteiger partial charge in [0.25, 0.3) is 0 Å². The molecule has 4 heteroatoms. The van der Waals surface area contributed by atoms with Crippen LogP contribution in [0.3, 0.4) is 0 Å². The Morgan fingerprint density at radius 1 is 1.25 bits per heavy atom. The van der Waals surface area contributed by atoms with E-state index in [-0.39, 0.29) is 17.8 Å². The Bertz CT molecular complexity index is 407.